The molecule has 1 amide bonds. The van der Waals surface area contributed by atoms with Crippen LogP contribution < -0.4 is 5.73 Å². The van der Waals surface area contributed by atoms with Gasteiger partial charge in [-0.1, -0.05) is 30.3 Å². The minimum absolute atomic E-state index is 0.197. The van der Waals surface area contributed by atoms with E-state index in [1.54, 1.807) is 0 Å². The zero-order chi connectivity index (χ0) is 13.9. The molecule has 2 N–H and O–H groups in total. The van der Waals surface area contributed by atoms with Gasteiger partial charge < -0.3 is 10.6 Å². The standard InChI is InChI=1S/C16H22N2OS/c17-9-13-10-18(16(19)15-7-4-8-20-15)11-14(13)12-5-2-1-3-6-12/h1-3,5-6,13-15H,4,7-11,17H2/t13-,14+,15?/m1/s1. The van der Waals surface area contributed by atoms with Crippen molar-refractivity contribution in [3.63, 3.8) is 0 Å². The van der Waals surface area contributed by atoms with E-state index in [9.17, 15) is 4.79 Å². The molecule has 2 aliphatic heterocycles. The first kappa shape index (κ1) is 14.0. The van der Waals surface area contributed by atoms with Crippen LogP contribution in [0.1, 0.15) is 24.3 Å². The number of rotatable bonds is 3. The second kappa shape index (κ2) is 6.19. The average Bonchev–Trinajstić information content (AvgIpc) is 3.17. The molecule has 20 heavy (non-hydrogen) atoms. The summed E-state index contributed by atoms with van der Waals surface area (Å²) < 4.78 is 0. The van der Waals surface area contributed by atoms with E-state index in [-0.39, 0.29) is 5.25 Å². The largest absolute Gasteiger partial charge is 0.341 e. The Kier molecular flexibility index (Phi) is 4.32. The summed E-state index contributed by atoms with van der Waals surface area (Å²) >= 11 is 1.82. The Bertz CT molecular complexity index is 459. The van der Waals surface area contributed by atoms with Crippen molar-refractivity contribution >= 4 is 17.7 Å². The van der Waals surface area contributed by atoms with E-state index >= 15 is 0 Å². The summed E-state index contributed by atoms with van der Waals surface area (Å²) in [6.07, 6.45) is 2.22. The highest BCUT2D eigenvalue weighted by molar-refractivity contribution is 8.00. The normalized spacial score (nSPS) is 29.9. The zero-order valence-electron chi connectivity index (χ0n) is 11.7. The molecule has 1 aromatic carbocycles. The Labute approximate surface area is 124 Å². The monoisotopic (exact) mass is 290 g/mol. The zero-order valence-corrected chi connectivity index (χ0v) is 12.5. The first-order chi connectivity index (χ1) is 9.79. The molecule has 2 heterocycles. The van der Waals surface area contributed by atoms with Crippen LogP contribution in [0.3, 0.4) is 0 Å². The molecule has 3 rings (SSSR count). The van der Waals surface area contributed by atoms with Crippen LogP contribution in [0.5, 0.6) is 0 Å². The number of carbonyl (C=O) groups is 1. The molecule has 0 bridgehead atoms. The van der Waals surface area contributed by atoms with E-state index < -0.39 is 0 Å². The fraction of sp³-hybridized carbons (Fsp3) is 0.562. The van der Waals surface area contributed by atoms with E-state index in [2.05, 4.69) is 29.2 Å². The van der Waals surface area contributed by atoms with Gasteiger partial charge in [0.1, 0.15) is 0 Å². The van der Waals surface area contributed by atoms with E-state index in [1.165, 1.54) is 12.0 Å². The molecular weight excluding hydrogens is 268 g/mol. The van der Waals surface area contributed by atoms with Gasteiger partial charge in [-0.25, -0.2) is 0 Å². The molecule has 4 heteroatoms. The molecule has 0 aliphatic carbocycles. The van der Waals surface area contributed by atoms with Gasteiger partial charge in [0.15, 0.2) is 0 Å². The smallest absolute Gasteiger partial charge is 0.235 e. The molecule has 0 saturated carbocycles. The summed E-state index contributed by atoms with van der Waals surface area (Å²) in [5.74, 6) is 2.26. The first-order valence-electron chi connectivity index (χ1n) is 7.45. The van der Waals surface area contributed by atoms with Crippen LogP contribution in [0, 0.1) is 5.92 Å². The van der Waals surface area contributed by atoms with Crippen LogP contribution in [0.15, 0.2) is 30.3 Å². The van der Waals surface area contributed by atoms with Crippen LogP contribution in [0.4, 0.5) is 0 Å². The number of thioether (sulfide) groups is 1. The number of hydrogen-bond acceptors (Lipinski definition) is 3. The van der Waals surface area contributed by atoms with Gasteiger partial charge in [-0.15, -0.1) is 11.8 Å². The lowest BCUT2D eigenvalue weighted by Gasteiger charge is -2.20. The van der Waals surface area contributed by atoms with Gasteiger partial charge in [0.25, 0.3) is 0 Å². The molecule has 108 valence electrons. The third-order valence-electron chi connectivity index (χ3n) is 4.49. The Morgan fingerprint density at radius 1 is 1.30 bits per heavy atom. The van der Waals surface area contributed by atoms with Crippen LogP contribution in [-0.2, 0) is 4.79 Å². The van der Waals surface area contributed by atoms with E-state index in [0.717, 1.165) is 25.3 Å². The van der Waals surface area contributed by atoms with Crippen molar-refractivity contribution in [1.82, 2.24) is 4.90 Å². The van der Waals surface area contributed by atoms with Crippen LogP contribution in [0.25, 0.3) is 0 Å². The molecule has 0 radical (unpaired) electrons. The van der Waals surface area contributed by atoms with Crippen LogP contribution >= 0.6 is 11.8 Å². The molecule has 0 aromatic heterocycles. The fourth-order valence-corrected chi connectivity index (χ4v) is 4.59. The quantitative estimate of drug-likeness (QED) is 0.927. The van der Waals surface area contributed by atoms with Gasteiger partial charge in [-0.05, 0) is 36.6 Å². The van der Waals surface area contributed by atoms with E-state index in [4.69, 9.17) is 5.73 Å². The number of hydrogen-bond donors (Lipinski definition) is 1. The maximum absolute atomic E-state index is 12.6. The van der Waals surface area contributed by atoms with Crippen molar-refractivity contribution in [2.75, 3.05) is 25.4 Å². The predicted octanol–water partition coefficient (Wildman–Crippen LogP) is 2.08. The van der Waals surface area contributed by atoms with Crippen molar-refractivity contribution in [1.29, 1.82) is 0 Å². The maximum atomic E-state index is 12.6. The number of amides is 1. The summed E-state index contributed by atoms with van der Waals surface area (Å²) in [5.41, 5.74) is 7.25. The number of likely N-dealkylation sites (tertiary alicyclic amines) is 1. The third kappa shape index (κ3) is 2.72. The molecule has 2 saturated heterocycles. The number of carbonyl (C=O) groups excluding carboxylic acids is 1. The third-order valence-corrected chi connectivity index (χ3v) is 5.85. The Morgan fingerprint density at radius 2 is 2.10 bits per heavy atom. The Balaban J connectivity index is 1.72. The van der Waals surface area contributed by atoms with Crippen molar-refractivity contribution < 1.29 is 4.79 Å². The molecule has 2 fully saturated rings. The van der Waals surface area contributed by atoms with Gasteiger partial charge in [0.2, 0.25) is 5.91 Å². The average molecular weight is 290 g/mol. The molecule has 1 unspecified atom stereocenters. The topological polar surface area (TPSA) is 46.3 Å². The number of nitrogens with two attached hydrogens (primary N) is 1. The predicted molar refractivity (Wildman–Crippen MR) is 83.8 cm³/mol. The molecule has 1 aromatic rings. The van der Waals surface area contributed by atoms with E-state index in [0.29, 0.717) is 24.3 Å². The fourth-order valence-electron chi connectivity index (χ4n) is 3.34. The van der Waals surface area contributed by atoms with Crippen molar-refractivity contribution in [3.8, 4) is 0 Å². The lowest BCUT2D eigenvalue weighted by atomic mass is 9.89. The number of benzene rings is 1. The van der Waals surface area contributed by atoms with Crippen molar-refractivity contribution in [2.24, 2.45) is 11.7 Å². The number of nitrogens with zero attached hydrogens (tertiary/aromatic N) is 1. The van der Waals surface area contributed by atoms with E-state index in [1.807, 2.05) is 17.8 Å². The highest BCUT2D eigenvalue weighted by Crippen LogP contribution is 2.35. The van der Waals surface area contributed by atoms with Gasteiger partial charge >= 0.3 is 0 Å². The minimum atomic E-state index is 0.197. The highest BCUT2D eigenvalue weighted by atomic mass is 32.2. The summed E-state index contributed by atoms with van der Waals surface area (Å²) in [6, 6.07) is 10.5. The lowest BCUT2D eigenvalue weighted by Crippen LogP contribution is -2.35. The molecule has 3 nitrogen and oxygen atoms in total. The molecule has 0 spiro atoms. The summed E-state index contributed by atoms with van der Waals surface area (Å²) in [4.78, 5) is 14.6. The first-order valence-corrected chi connectivity index (χ1v) is 8.50. The maximum Gasteiger partial charge on any atom is 0.235 e. The van der Waals surface area contributed by atoms with Crippen LogP contribution in [-0.4, -0.2) is 41.4 Å². The minimum Gasteiger partial charge on any atom is -0.341 e. The van der Waals surface area contributed by atoms with Crippen LogP contribution in [0.2, 0.25) is 0 Å². The van der Waals surface area contributed by atoms with Gasteiger partial charge in [0, 0.05) is 19.0 Å². The summed E-state index contributed by atoms with van der Waals surface area (Å²) in [7, 11) is 0. The molecule has 3 atom stereocenters. The van der Waals surface area contributed by atoms with Gasteiger partial charge in [0.05, 0.1) is 5.25 Å². The molecular formula is C16H22N2OS. The van der Waals surface area contributed by atoms with Crippen molar-refractivity contribution in [2.45, 2.75) is 24.0 Å². The second-order valence-corrected chi connectivity index (χ2v) is 7.07. The highest BCUT2D eigenvalue weighted by Gasteiger charge is 2.38. The Hall–Kier alpha value is -1.00. The lowest BCUT2D eigenvalue weighted by molar-refractivity contribution is -0.129. The SMILES string of the molecule is NC[C@@H]1CN(C(=O)C2CCCS2)C[C@H]1c1ccccc1. The second-order valence-electron chi connectivity index (χ2n) is 5.76. The van der Waals surface area contributed by atoms with Gasteiger partial charge in [-0.3, -0.25) is 4.79 Å². The Morgan fingerprint density at radius 3 is 2.75 bits per heavy atom. The molecule has 2 aliphatic rings. The summed E-state index contributed by atoms with van der Waals surface area (Å²) in [5, 5.41) is 0.197. The van der Waals surface area contributed by atoms with Crippen molar-refractivity contribution in [3.05, 3.63) is 35.9 Å². The van der Waals surface area contributed by atoms with Gasteiger partial charge in [-0.2, -0.15) is 0 Å². The summed E-state index contributed by atoms with van der Waals surface area (Å²) in [6.45, 7) is 2.31.